The highest BCUT2D eigenvalue weighted by molar-refractivity contribution is 5.39. The highest BCUT2D eigenvalue weighted by Gasteiger charge is 2.01. The molecule has 0 heterocycles. The van der Waals surface area contributed by atoms with Crippen LogP contribution in [0, 0.1) is 11.3 Å². The molecule has 2 aromatic carbocycles. The van der Waals surface area contributed by atoms with Crippen LogP contribution < -0.4 is 14.8 Å². The lowest BCUT2D eigenvalue weighted by molar-refractivity contribution is 0.292. The SMILES string of the molecule is COc1ccccc1OCCNCc1ccc(C#N)cc1. The van der Waals surface area contributed by atoms with E-state index in [1.54, 1.807) is 7.11 Å². The van der Waals surface area contributed by atoms with Crippen molar-refractivity contribution in [3.8, 4) is 17.6 Å². The fourth-order valence-corrected chi connectivity index (χ4v) is 1.90. The van der Waals surface area contributed by atoms with Crippen LogP contribution >= 0.6 is 0 Å². The lowest BCUT2D eigenvalue weighted by Crippen LogP contribution is -2.20. The van der Waals surface area contributed by atoms with Gasteiger partial charge in [0.25, 0.3) is 0 Å². The average Bonchev–Trinajstić information content (AvgIpc) is 2.55. The van der Waals surface area contributed by atoms with E-state index in [9.17, 15) is 0 Å². The number of nitriles is 1. The molecule has 0 saturated heterocycles. The first-order valence-electron chi connectivity index (χ1n) is 6.79. The van der Waals surface area contributed by atoms with Crippen LogP contribution in [-0.2, 0) is 6.54 Å². The van der Waals surface area contributed by atoms with Crippen LogP contribution in [0.25, 0.3) is 0 Å². The second-order valence-corrected chi connectivity index (χ2v) is 4.48. The van der Waals surface area contributed by atoms with Gasteiger partial charge in [-0.05, 0) is 29.8 Å². The molecule has 0 atom stereocenters. The third-order valence-electron chi connectivity index (χ3n) is 3.02. The van der Waals surface area contributed by atoms with Crippen molar-refractivity contribution in [2.75, 3.05) is 20.3 Å². The monoisotopic (exact) mass is 282 g/mol. The van der Waals surface area contributed by atoms with Crippen LogP contribution in [-0.4, -0.2) is 20.3 Å². The maximum absolute atomic E-state index is 8.73. The number of benzene rings is 2. The molecule has 4 nitrogen and oxygen atoms in total. The number of nitrogens with zero attached hydrogens (tertiary/aromatic N) is 1. The lowest BCUT2D eigenvalue weighted by atomic mass is 10.1. The fourth-order valence-electron chi connectivity index (χ4n) is 1.90. The van der Waals surface area contributed by atoms with E-state index in [0.717, 1.165) is 30.2 Å². The molecule has 0 aliphatic carbocycles. The number of ether oxygens (including phenoxy) is 2. The predicted octanol–water partition coefficient (Wildman–Crippen LogP) is 2.74. The molecule has 0 saturated carbocycles. The van der Waals surface area contributed by atoms with Crippen molar-refractivity contribution in [2.45, 2.75) is 6.54 Å². The highest BCUT2D eigenvalue weighted by Crippen LogP contribution is 2.25. The molecule has 0 unspecified atom stereocenters. The van der Waals surface area contributed by atoms with E-state index in [4.69, 9.17) is 14.7 Å². The molecule has 2 rings (SSSR count). The highest BCUT2D eigenvalue weighted by atomic mass is 16.5. The van der Waals surface area contributed by atoms with E-state index in [1.807, 2.05) is 48.5 Å². The standard InChI is InChI=1S/C17H18N2O2/c1-20-16-4-2-3-5-17(16)21-11-10-19-13-15-8-6-14(12-18)7-9-15/h2-9,19H,10-11,13H2,1H3. The first kappa shape index (κ1) is 14.9. The van der Waals surface area contributed by atoms with E-state index in [0.29, 0.717) is 12.2 Å². The van der Waals surface area contributed by atoms with Crippen molar-refractivity contribution in [1.82, 2.24) is 5.32 Å². The van der Waals surface area contributed by atoms with Crippen molar-refractivity contribution in [3.05, 3.63) is 59.7 Å². The number of para-hydroxylation sites is 2. The molecule has 0 aliphatic heterocycles. The third kappa shape index (κ3) is 4.51. The van der Waals surface area contributed by atoms with Crippen molar-refractivity contribution in [2.24, 2.45) is 0 Å². The summed E-state index contributed by atoms with van der Waals surface area (Å²) in [6.07, 6.45) is 0. The van der Waals surface area contributed by atoms with E-state index in [-0.39, 0.29) is 0 Å². The minimum absolute atomic E-state index is 0.566. The first-order chi connectivity index (χ1) is 10.3. The van der Waals surface area contributed by atoms with Gasteiger partial charge in [0.05, 0.1) is 18.7 Å². The summed E-state index contributed by atoms with van der Waals surface area (Å²) in [5, 5.41) is 12.0. The van der Waals surface area contributed by atoms with Gasteiger partial charge in [-0.15, -0.1) is 0 Å². The zero-order valence-electron chi connectivity index (χ0n) is 12.0. The summed E-state index contributed by atoms with van der Waals surface area (Å²) < 4.78 is 10.9. The molecule has 0 spiro atoms. The van der Waals surface area contributed by atoms with Gasteiger partial charge in [0.1, 0.15) is 6.61 Å². The smallest absolute Gasteiger partial charge is 0.161 e. The van der Waals surface area contributed by atoms with Crippen LogP contribution in [0.2, 0.25) is 0 Å². The number of hydrogen-bond donors (Lipinski definition) is 1. The van der Waals surface area contributed by atoms with Gasteiger partial charge in [-0.2, -0.15) is 5.26 Å². The minimum Gasteiger partial charge on any atom is -0.493 e. The van der Waals surface area contributed by atoms with Gasteiger partial charge in [0.15, 0.2) is 11.5 Å². The second kappa shape index (κ2) is 7.93. The molecular weight excluding hydrogens is 264 g/mol. The predicted molar refractivity (Wildman–Crippen MR) is 81.4 cm³/mol. The van der Waals surface area contributed by atoms with Gasteiger partial charge in [0.2, 0.25) is 0 Å². The van der Waals surface area contributed by atoms with E-state index >= 15 is 0 Å². The summed E-state index contributed by atoms with van der Waals surface area (Å²) in [5.41, 5.74) is 1.82. The van der Waals surface area contributed by atoms with E-state index in [2.05, 4.69) is 11.4 Å². The van der Waals surface area contributed by atoms with Gasteiger partial charge in [-0.25, -0.2) is 0 Å². The van der Waals surface area contributed by atoms with Crippen LogP contribution in [0.5, 0.6) is 11.5 Å². The van der Waals surface area contributed by atoms with Crippen LogP contribution in [0.15, 0.2) is 48.5 Å². The summed E-state index contributed by atoms with van der Waals surface area (Å²) in [6, 6.07) is 17.2. The van der Waals surface area contributed by atoms with Gasteiger partial charge in [0, 0.05) is 13.1 Å². The van der Waals surface area contributed by atoms with E-state index in [1.165, 1.54) is 0 Å². The molecule has 1 N–H and O–H groups in total. The molecule has 0 amide bonds. The molecule has 0 aromatic heterocycles. The molecule has 0 aliphatic rings. The Labute approximate surface area is 124 Å². The molecule has 108 valence electrons. The average molecular weight is 282 g/mol. The summed E-state index contributed by atoms with van der Waals surface area (Å²) in [5.74, 6) is 1.49. The van der Waals surface area contributed by atoms with Gasteiger partial charge in [-0.1, -0.05) is 24.3 Å². The largest absolute Gasteiger partial charge is 0.493 e. The van der Waals surface area contributed by atoms with Crippen molar-refractivity contribution in [3.63, 3.8) is 0 Å². The Hall–Kier alpha value is -2.51. The first-order valence-corrected chi connectivity index (χ1v) is 6.79. The van der Waals surface area contributed by atoms with Crippen molar-refractivity contribution in [1.29, 1.82) is 5.26 Å². The van der Waals surface area contributed by atoms with E-state index < -0.39 is 0 Å². The normalized spacial score (nSPS) is 9.90. The molecule has 4 heteroatoms. The van der Waals surface area contributed by atoms with Crippen LogP contribution in [0.1, 0.15) is 11.1 Å². The molecule has 21 heavy (non-hydrogen) atoms. The summed E-state index contributed by atoms with van der Waals surface area (Å²) >= 11 is 0. The Morgan fingerprint density at radius 1 is 1.05 bits per heavy atom. The van der Waals surface area contributed by atoms with Gasteiger partial charge in [-0.3, -0.25) is 0 Å². The van der Waals surface area contributed by atoms with Crippen molar-refractivity contribution < 1.29 is 9.47 Å². The Morgan fingerprint density at radius 2 is 1.76 bits per heavy atom. The van der Waals surface area contributed by atoms with Crippen molar-refractivity contribution >= 4 is 0 Å². The number of nitrogens with one attached hydrogen (secondary N) is 1. The Balaban J connectivity index is 1.71. The number of hydrogen-bond acceptors (Lipinski definition) is 4. The quantitative estimate of drug-likeness (QED) is 0.793. The molecule has 0 bridgehead atoms. The minimum atomic E-state index is 0.566. The van der Waals surface area contributed by atoms with Crippen LogP contribution in [0.3, 0.4) is 0 Å². The summed E-state index contributed by atoms with van der Waals surface area (Å²) in [4.78, 5) is 0. The number of rotatable bonds is 7. The molecule has 2 aromatic rings. The topological polar surface area (TPSA) is 54.3 Å². The molecule has 0 fully saturated rings. The lowest BCUT2D eigenvalue weighted by Gasteiger charge is -2.10. The van der Waals surface area contributed by atoms with Crippen LogP contribution in [0.4, 0.5) is 0 Å². The Kier molecular flexibility index (Phi) is 5.62. The maximum atomic E-state index is 8.73. The summed E-state index contributed by atoms with van der Waals surface area (Å²) in [7, 11) is 1.63. The van der Waals surface area contributed by atoms with Gasteiger partial charge < -0.3 is 14.8 Å². The molecular formula is C17H18N2O2. The zero-order chi connectivity index (χ0) is 14.9. The van der Waals surface area contributed by atoms with Gasteiger partial charge >= 0.3 is 0 Å². The Morgan fingerprint density at radius 3 is 2.43 bits per heavy atom. The fraction of sp³-hybridized carbons (Fsp3) is 0.235. The Bertz CT molecular complexity index is 603. The summed E-state index contributed by atoms with van der Waals surface area (Å²) in [6.45, 7) is 2.05. The molecule has 0 radical (unpaired) electrons. The number of methoxy groups -OCH3 is 1. The second-order valence-electron chi connectivity index (χ2n) is 4.48. The third-order valence-corrected chi connectivity index (χ3v) is 3.02. The zero-order valence-corrected chi connectivity index (χ0v) is 12.0. The maximum Gasteiger partial charge on any atom is 0.161 e.